The van der Waals surface area contributed by atoms with E-state index in [9.17, 15) is 13.2 Å². The number of sulfonamides is 1. The number of nitrogens with zero attached hydrogens (tertiary/aromatic N) is 2. The molecule has 34 heavy (non-hydrogen) atoms. The lowest BCUT2D eigenvalue weighted by Gasteiger charge is -2.41. The molecule has 184 valence electrons. The molecule has 2 aliphatic rings. The average Bonchev–Trinajstić information content (AvgIpc) is 2.84. The molecule has 1 amide bonds. The number of hydrogen-bond acceptors (Lipinski definition) is 5. The Hall–Kier alpha value is -2.42. The second-order valence-corrected chi connectivity index (χ2v) is 11.4. The highest BCUT2D eigenvalue weighted by Crippen LogP contribution is 2.42. The fraction of sp³-hybridized carbons (Fsp3) is 0.500. The van der Waals surface area contributed by atoms with Gasteiger partial charge in [-0.05, 0) is 50.6 Å². The quantitative estimate of drug-likeness (QED) is 0.674. The largest absolute Gasteiger partial charge is 0.487 e. The van der Waals surface area contributed by atoms with Crippen LogP contribution in [0.15, 0.2) is 47.4 Å². The molecular formula is C26H35N3O4S. The first-order chi connectivity index (χ1) is 16.2. The van der Waals surface area contributed by atoms with Crippen molar-refractivity contribution in [1.29, 1.82) is 0 Å². The van der Waals surface area contributed by atoms with Crippen LogP contribution < -0.4 is 10.1 Å². The normalized spacial score (nSPS) is 20.9. The molecule has 0 aromatic heterocycles. The van der Waals surface area contributed by atoms with Gasteiger partial charge in [-0.2, -0.15) is 4.31 Å². The number of ether oxygens (including phenoxy) is 1. The lowest BCUT2D eigenvalue weighted by atomic mass is 9.83. The van der Waals surface area contributed by atoms with Gasteiger partial charge in [0.15, 0.2) is 0 Å². The summed E-state index contributed by atoms with van der Waals surface area (Å²) in [5.41, 5.74) is 1.74. The van der Waals surface area contributed by atoms with E-state index in [0.717, 1.165) is 29.7 Å². The van der Waals surface area contributed by atoms with E-state index in [-0.39, 0.29) is 22.4 Å². The Morgan fingerprint density at radius 1 is 1.09 bits per heavy atom. The Kier molecular flexibility index (Phi) is 7.03. The molecule has 0 bridgehead atoms. The van der Waals surface area contributed by atoms with Crippen molar-refractivity contribution in [2.24, 2.45) is 0 Å². The molecule has 0 unspecified atom stereocenters. The van der Waals surface area contributed by atoms with E-state index >= 15 is 0 Å². The molecule has 0 saturated carbocycles. The zero-order valence-electron chi connectivity index (χ0n) is 20.5. The van der Waals surface area contributed by atoms with Gasteiger partial charge in [-0.3, -0.25) is 4.79 Å². The lowest BCUT2D eigenvalue weighted by Crippen LogP contribution is -2.47. The van der Waals surface area contributed by atoms with Crippen LogP contribution in [0.1, 0.15) is 60.6 Å². The predicted octanol–water partition coefficient (Wildman–Crippen LogP) is 3.74. The molecule has 1 atom stereocenters. The SMILES string of the molecule is CCC1(CC)C[C@H](NC(=O)c2cc(S(=O)(=O)N3CCN(C)CC3)ccc2C)c2ccccc2O1. The third-order valence-corrected chi connectivity index (χ3v) is 9.24. The first-order valence-corrected chi connectivity index (χ1v) is 13.5. The number of carbonyl (C=O) groups excluding carboxylic acids is 1. The van der Waals surface area contributed by atoms with Crippen LogP contribution in [0.4, 0.5) is 0 Å². The van der Waals surface area contributed by atoms with Gasteiger partial charge >= 0.3 is 0 Å². The molecule has 2 aliphatic heterocycles. The minimum atomic E-state index is -3.66. The van der Waals surface area contributed by atoms with E-state index in [4.69, 9.17) is 4.74 Å². The highest BCUT2D eigenvalue weighted by Gasteiger charge is 2.39. The van der Waals surface area contributed by atoms with Gasteiger partial charge in [0.25, 0.3) is 5.91 Å². The number of piperazine rings is 1. The summed E-state index contributed by atoms with van der Waals surface area (Å²) in [6.07, 6.45) is 2.34. The Labute approximate surface area is 203 Å². The lowest BCUT2D eigenvalue weighted by molar-refractivity contribution is 0.0227. The predicted molar refractivity (Wildman–Crippen MR) is 133 cm³/mol. The zero-order chi connectivity index (χ0) is 24.5. The smallest absolute Gasteiger partial charge is 0.252 e. The van der Waals surface area contributed by atoms with Crippen LogP contribution in [0.3, 0.4) is 0 Å². The average molecular weight is 486 g/mol. The van der Waals surface area contributed by atoms with Gasteiger partial charge in [-0.1, -0.05) is 38.1 Å². The second kappa shape index (κ2) is 9.68. The first-order valence-electron chi connectivity index (χ1n) is 12.1. The highest BCUT2D eigenvalue weighted by molar-refractivity contribution is 7.89. The molecule has 4 rings (SSSR count). The number of hydrogen-bond donors (Lipinski definition) is 1. The van der Waals surface area contributed by atoms with Crippen LogP contribution in [-0.4, -0.2) is 62.4 Å². The van der Waals surface area contributed by atoms with E-state index in [1.807, 2.05) is 38.2 Å². The molecule has 0 aliphatic carbocycles. The molecule has 2 aromatic rings. The van der Waals surface area contributed by atoms with Crippen molar-refractivity contribution in [1.82, 2.24) is 14.5 Å². The molecule has 1 N–H and O–H groups in total. The van der Waals surface area contributed by atoms with Crippen molar-refractivity contribution in [3.05, 3.63) is 59.2 Å². The number of amides is 1. The molecule has 2 aromatic carbocycles. The number of aryl methyl sites for hydroxylation is 1. The Balaban J connectivity index is 1.61. The van der Waals surface area contributed by atoms with Gasteiger partial charge in [0.05, 0.1) is 10.9 Å². The standard InChI is InChI=1S/C26H35N3O4S/c1-5-26(6-2)18-23(21-9-7-8-10-24(21)33-26)27-25(30)22-17-20(12-11-19(22)3)34(31,32)29-15-13-28(4)14-16-29/h7-12,17,23H,5-6,13-16,18H2,1-4H3,(H,27,30)/t23-/m0/s1. The summed E-state index contributed by atoms with van der Waals surface area (Å²) in [4.78, 5) is 15.7. The van der Waals surface area contributed by atoms with E-state index in [1.54, 1.807) is 12.1 Å². The van der Waals surface area contributed by atoms with Crippen LogP contribution in [0.2, 0.25) is 0 Å². The second-order valence-electron chi connectivity index (χ2n) is 9.44. The monoisotopic (exact) mass is 485 g/mol. The maximum Gasteiger partial charge on any atom is 0.252 e. The Morgan fingerprint density at radius 3 is 2.44 bits per heavy atom. The van der Waals surface area contributed by atoms with Gasteiger partial charge < -0.3 is 15.0 Å². The maximum atomic E-state index is 13.5. The van der Waals surface area contributed by atoms with Gasteiger partial charge in [0.1, 0.15) is 11.4 Å². The molecule has 8 heteroatoms. The van der Waals surface area contributed by atoms with E-state index in [0.29, 0.717) is 38.2 Å². The molecular weight excluding hydrogens is 450 g/mol. The van der Waals surface area contributed by atoms with E-state index in [2.05, 4.69) is 24.1 Å². The summed E-state index contributed by atoms with van der Waals surface area (Å²) < 4.78 is 34.4. The summed E-state index contributed by atoms with van der Waals surface area (Å²) in [6.45, 7) is 8.32. The third-order valence-electron chi connectivity index (χ3n) is 7.34. The minimum Gasteiger partial charge on any atom is -0.487 e. The van der Waals surface area contributed by atoms with Crippen molar-refractivity contribution >= 4 is 15.9 Å². The van der Waals surface area contributed by atoms with Crippen molar-refractivity contribution in [3.8, 4) is 5.75 Å². The van der Waals surface area contributed by atoms with E-state index in [1.165, 1.54) is 10.4 Å². The zero-order valence-corrected chi connectivity index (χ0v) is 21.3. The summed E-state index contributed by atoms with van der Waals surface area (Å²) >= 11 is 0. The van der Waals surface area contributed by atoms with Gasteiger partial charge in [-0.15, -0.1) is 0 Å². The Bertz CT molecular complexity index is 1150. The number of para-hydroxylation sites is 1. The topological polar surface area (TPSA) is 79.0 Å². The molecule has 2 heterocycles. The third kappa shape index (κ3) is 4.72. The number of benzene rings is 2. The van der Waals surface area contributed by atoms with Crippen LogP contribution in [0.5, 0.6) is 5.75 Å². The summed E-state index contributed by atoms with van der Waals surface area (Å²) in [5.74, 6) is 0.529. The summed E-state index contributed by atoms with van der Waals surface area (Å²) in [7, 11) is -1.68. The number of nitrogens with one attached hydrogen (secondary N) is 1. The summed E-state index contributed by atoms with van der Waals surface area (Å²) in [5, 5.41) is 3.19. The fourth-order valence-corrected chi connectivity index (χ4v) is 6.30. The minimum absolute atomic E-state index is 0.164. The van der Waals surface area contributed by atoms with Crippen molar-refractivity contribution in [2.75, 3.05) is 33.2 Å². The van der Waals surface area contributed by atoms with Crippen molar-refractivity contribution < 1.29 is 17.9 Å². The fourth-order valence-electron chi connectivity index (χ4n) is 4.85. The molecule has 7 nitrogen and oxygen atoms in total. The molecule has 1 saturated heterocycles. The number of carbonyl (C=O) groups is 1. The Morgan fingerprint density at radius 2 is 1.76 bits per heavy atom. The number of rotatable bonds is 6. The van der Waals surface area contributed by atoms with Gasteiger partial charge in [-0.25, -0.2) is 8.42 Å². The first kappa shape index (κ1) is 24.7. The summed E-state index contributed by atoms with van der Waals surface area (Å²) in [6, 6.07) is 12.4. The molecule has 0 spiro atoms. The van der Waals surface area contributed by atoms with Crippen molar-refractivity contribution in [3.63, 3.8) is 0 Å². The molecule has 1 fully saturated rings. The van der Waals surface area contributed by atoms with Crippen LogP contribution in [-0.2, 0) is 10.0 Å². The van der Waals surface area contributed by atoms with Crippen molar-refractivity contribution in [2.45, 2.75) is 56.6 Å². The molecule has 0 radical (unpaired) electrons. The number of likely N-dealkylation sites (N-methyl/N-ethyl adjacent to an activating group) is 1. The van der Waals surface area contributed by atoms with Crippen LogP contribution in [0, 0.1) is 6.92 Å². The highest BCUT2D eigenvalue weighted by atomic mass is 32.2. The maximum absolute atomic E-state index is 13.5. The van der Waals surface area contributed by atoms with Crippen LogP contribution >= 0.6 is 0 Å². The van der Waals surface area contributed by atoms with Crippen LogP contribution in [0.25, 0.3) is 0 Å². The van der Waals surface area contributed by atoms with Gasteiger partial charge in [0, 0.05) is 43.7 Å². The van der Waals surface area contributed by atoms with Gasteiger partial charge in [0.2, 0.25) is 10.0 Å². The number of fused-ring (bicyclic) bond motifs is 1. The van der Waals surface area contributed by atoms with E-state index < -0.39 is 10.0 Å².